The predicted octanol–water partition coefficient (Wildman–Crippen LogP) is 1.65. The van der Waals surface area contributed by atoms with Crippen molar-refractivity contribution in [3.63, 3.8) is 0 Å². The fourth-order valence-electron chi connectivity index (χ4n) is 0.448. The third kappa shape index (κ3) is 7.73. The Bertz CT molecular complexity index is 372. The summed E-state index contributed by atoms with van der Waals surface area (Å²) < 4.78 is 39.1. The SMILES string of the molecule is C=C/C=C/P(=O)(O)OP(=O)(O)O[P+](=O)O. The number of allylic oxidation sites excluding steroid dienone is 2. The summed E-state index contributed by atoms with van der Waals surface area (Å²) in [6.07, 6.45) is 2.13. The van der Waals surface area contributed by atoms with Crippen LogP contribution in [-0.4, -0.2) is 14.7 Å². The summed E-state index contributed by atoms with van der Waals surface area (Å²) in [6.45, 7) is 3.18. The molecule has 0 radical (unpaired) electrons. The van der Waals surface area contributed by atoms with Crippen LogP contribution in [0.3, 0.4) is 0 Å². The van der Waals surface area contributed by atoms with E-state index in [2.05, 4.69) is 15.2 Å². The van der Waals surface area contributed by atoms with Crippen LogP contribution in [0.2, 0.25) is 0 Å². The minimum absolute atomic E-state index is 0.566. The first-order chi connectivity index (χ1) is 6.68. The lowest BCUT2D eigenvalue weighted by molar-refractivity contribution is 0.266. The Morgan fingerprint density at radius 1 is 1.33 bits per heavy atom. The molecule has 15 heavy (non-hydrogen) atoms. The van der Waals surface area contributed by atoms with E-state index in [1.54, 1.807) is 0 Å². The van der Waals surface area contributed by atoms with E-state index in [0.717, 1.165) is 12.2 Å². The van der Waals surface area contributed by atoms with Crippen LogP contribution in [0.25, 0.3) is 0 Å². The standard InChI is InChI=1S/C4H7O8P3/c1-2-3-4-14(7,8)12-15(9,10)11-13(5)6/h2-4H,1H2,(H2-,5,6,7,8,9,10)/p+1/b4-3+. The molecule has 0 amide bonds. The maximum absolute atomic E-state index is 11.0. The molecule has 0 aromatic carbocycles. The van der Waals surface area contributed by atoms with Crippen LogP contribution in [0.1, 0.15) is 0 Å². The molecule has 3 N–H and O–H groups in total. The van der Waals surface area contributed by atoms with Crippen molar-refractivity contribution in [2.24, 2.45) is 0 Å². The molecule has 0 saturated carbocycles. The van der Waals surface area contributed by atoms with E-state index in [9.17, 15) is 13.7 Å². The van der Waals surface area contributed by atoms with E-state index in [4.69, 9.17) is 14.7 Å². The Morgan fingerprint density at radius 2 is 1.87 bits per heavy atom. The average molecular weight is 277 g/mol. The Morgan fingerprint density at radius 3 is 2.27 bits per heavy atom. The van der Waals surface area contributed by atoms with Crippen molar-refractivity contribution in [1.82, 2.24) is 0 Å². The molecule has 86 valence electrons. The fraction of sp³-hybridized carbons (Fsp3) is 0. The highest BCUT2D eigenvalue weighted by Gasteiger charge is 2.40. The van der Waals surface area contributed by atoms with E-state index < -0.39 is 23.7 Å². The van der Waals surface area contributed by atoms with Crippen molar-refractivity contribution in [2.75, 3.05) is 0 Å². The molecule has 0 aromatic rings. The third-order valence-corrected chi connectivity index (χ3v) is 4.50. The lowest BCUT2D eigenvalue weighted by Crippen LogP contribution is -1.87. The van der Waals surface area contributed by atoms with Crippen LogP contribution in [-0.2, 0) is 22.3 Å². The summed E-state index contributed by atoms with van der Waals surface area (Å²) in [6, 6.07) is 0. The molecule has 3 atom stereocenters. The van der Waals surface area contributed by atoms with Gasteiger partial charge in [-0.05, 0) is 4.31 Å². The molecule has 0 heterocycles. The number of hydrogen-bond acceptors (Lipinski definition) is 5. The number of rotatable bonds is 6. The van der Waals surface area contributed by atoms with Crippen LogP contribution in [0, 0.1) is 0 Å². The van der Waals surface area contributed by atoms with Crippen LogP contribution in [0.5, 0.6) is 0 Å². The molecular weight excluding hydrogens is 269 g/mol. The molecule has 0 aliphatic rings. The maximum Gasteiger partial charge on any atom is 0.705 e. The zero-order valence-electron chi connectivity index (χ0n) is 7.16. The van der Waals surface area contributed by atoms with Gasteiger partial charge in [-0.15, -0.1) is 4.89 Å². The van der Waals surface area contributed by atoms with Gasteiger partial charge in [-0.25, -0.2) is 8.88 Å². The van der Waals surface area contributed by atoms with Crippen molar-refractivity contribution >= 4 is 23.7 Å². The molecule has 0 aliphatic carbocycles. The largest absolute Gasteiger partial charge is 0.705 e. The molecule has 0 saturated heterocycles. The minimum atomic E-state index is -5.04. The van der Waals surface area contributed by atoms with E-state index >= 15 is 0 Å². The molecule has 0 bridgehead atoms. The normalized spacial score (nSPS) is 20.6. The van der Waals surface area contributed by atoms with Gasteiger partial charge in [0.15, 0.2) is 0 Å². The van der Waals surface area contributed by atoms with Gasteiger partial charge in [-0.1, -0.05) is 18.7 Å². The third-order valence-electron chi connectivity index (χ3n) is 0.804. The molecule has 0 rings (SSSR count). The zero-order chi connectivity index (χ0) is 12.1. The Kier molecular flexibility index (Phi) is 5.73. The first-order valence-corrected chi connectivity index (χ1v) is 7.48. The molecule has 0 aromatic heterocycles. The summed E-state index contributed by atoms with van der Waals surface area (Å²) in [7, 11) is -13.0. The second kappa shape index (κ2) is 5.80. The summed E-state index contributed by atoms with van der Waals surface area (Å²) in [5, 5.41) is 0. The average Bonchev–Trinajstić information content (AvgIpc) is 1.95. The van der Waals surface area contributed by atoms with E-state index in [-0.39, 0.29) is 0 Å². The minimum Gasteiger partial charge on any atom is -0.321 e. The molecule has 3 unspecified atom stereocenters. The monoisotopic (exact) mass is 277 g/mol. The lowest BCUT2D eigenvalue weighted by Gasteiger charge is -2.07. The second-order valence-electron chi connectivity index (χ2n) is 2.01. The smallest absolute Gasteiger partial charge is 0.321 e. The maximum atomic E-state index is 11.0. The Labute approximate surface area is 86.0 Å². The predicted molar refractivity (Wildman–Crippen MR) is 51.0 cm³/mol. The van der Waals surface area contributed by atoms with Crippen LogP contribution < -0.4 is 0 Å². The number of hydrogen-bond donors (Lipinski definition) is 3. The van der Waals surface area contributed by atoms with Gasteiger partial charge in [-0.2, -0.15) is 0 Å². The highest BCUT2D eigenvalue weighted by molar-refractivity contribution is 7.68. The van der Waals surface area contributed by atoms with Gasteiger partial charge in [-0.3, -0.25) is 9.46 Å². The fourth-order valence-corrected chi connectivity index (χ4v) is 3.28. The van der Waals surface area contributed by atoms with Crippen LogP contribution in [0.4, 0.5) is 0 Å². The summed E-state index contributed by atoms with van der Waals surface area (Å²) in [5.41, 5.74) is 0. The molecule has 11 heteroatoms. The molecule has 0 spiro atoms. The summed E-state index contributed by atoms with van der Waals surface area (Å²) in [4.78, 5) is 25.7. The van der Waals surface area contributed by atoms with Gasteiger partial charge in [0.2, 0.25) is 0 Å². The van der Waals surface area contributed by atoms with Gasteiger partial charge in [0.05, 0.1) is 0 Å². The van der Waals surface area contributed by atoms with E-state index in [1.807, 2.05) is 0 Å². The van der Waals surface area contributed by atoms with Gasteiger partial charge >= 0.3 is 23.7 Å². The lowest BCUT2D eigenvalue weighted by atomic mass is 10.6. The van der Waals surface area contributed by atoms with Gasteiger partial charge in [0.25, 0.3) is 0 Å². The van der Waals surface area contributed by atoms with Crippen molar-refractivity contribution in [3.05, 3.63) is 24.5 Å². The quantitative estimate of drug-likeness (QED) is 0.493. The van der Waals surface area contributed by atoms with Crippen molar-refractivity contribution < 1.29 is 37.0 Å². The Balaban J connectivity index is 4.64. The molecule has 8 nitrogen and oxygen atoms in total. The van der Waals surface area contributed by atoms with Crippen LogP contribution >= 0.6 is 23.7 Å². The Hall–Kier alpha value is -0.160. The number of phosphoric acid groups is 1. The summed E-state index contributed by atoms with van der Waals surface area (Å²) >= 11 is 0. The molecular formula is C4H8O8P3+. The van der Waals surface area contributed by atoms with E-state index in [0.29, 0.717) is 5.82 Å². The topological polar surface area (TPSA) is 130 Å². The van der Waals surface area contributed by atoms with Crippen LogP contribution in [0.15, 0.2) is 24.5 Å². The highest BCUT2D eigenvalue weighted by Crippen LogP contribution is 2.63. The van der Waals surface area contributed by atoms with Crippen molar-refractivity contribution in [2.45, 2.75) is 0 Å². The van der Waals surface area contributed by atoms with Gasteiger partial charge in [0, 0.05) is 10.4 Å². The summed E-state index contributed by atoms with van der Waals surface area (Å²) in [5.74, 6) is 0.566. The molecule has 0 aliphatic heterocycles. The highest BCUT2D eigenvalue weighted by atomic mass is 31.3. The second-order valence-corrected chi connectivity index (χ2v) is 6.16. The van der Waals surface area contributed by atoms with Gasteiger partial charge < -0.3 is 4.89 Å². The van der Waals surface area contributed by atoms with Crippen molar-refractivity contribution in [1.29, 1.82) is 0 Å². The first kappa shape index (κ1) is 14.8. The van der Waals surface area contributed by atoms with Crippen molar-refractivity contribution in [3.8, 4) is 0 Å². The van der Waals surface area contributed by atoms with Gasteiger partial charge in [0.1, 0.15) is 0 Å². The molecule has 0 fully saturated rings. The first-order valence-electron chi connectivity index (χ1n) is 3.21. The zero-order valence-corrected chi connectivity index (χ0v) is 9.85. The van der Waals surface area contributed by atoms with E-state index in [1.165, 1.54) is 0 Å².